The third kappa shape index (κ3) is 2.01. The van der Waals surface area contributed by atoms with Crippen molar-refractivity contribution in [2.45, 2.75) is 13.0 Å². The van der Waals surface area contributed by atoms with Crippen LogP contribution in [0.25, 0.3) is 0 Å². The molecule has 1 rings (SSSR count). The number of carboxylic acids is 1. The molecule has 5 nitrogen and oxygen atoms in total. The van der Waals surface area contributed by atoms with Crippen molar-refractivity contribution >= 4 is 5.97 Å². The van der Waals surface area contributed by atoms with Gasteiger partial charge < -0.3 is 15.8 Å². The van der Waals surface area contributed by atoms with Crippen molar-refractivity contribution in [1.82, 2.24) is 4.98 Å². The molecule has 0 aliphatic heterocycles. The van der Waals surface area contributed by atoms with Crippen molar-refractivity contribution in [3.05, 3.63) is 33.2 Å². The molecule has 1 aromatic rings. The van der Waals surface area contributed by atoms with Crippen LogP contribution in [0.4, 0.5) is 8.78 Å². The van der Waals surface area contributed by atoms with Crippen LogP contribution in [0.5, 0.6) is 0 Å². The van der Waals surface area contributed by atoms with E-state index in [0.717, 1.165) is 6.20 Å². The van der Waals surface area contributed by atoms with Crippen LogP contribution in [0.3, 0.4) is 0 Å². The molecule has 0 aliphatic rings. The van der Waals surface area contributed by atoms with Crippen LogP contribution < -0.4 is 11.2 Å². The van der Waals surface area contributed by atoms with E-state index in [-0.39, 0.29) is 12.1 Å². The van der Waals surface area contributed by atoms with Crippen LogP contribution >= 0.6 is 0 Å². The Morgan fingerprint density at radius 3 is 2.60 bits per heavy atom. The van der Waals surface area contributed by atoms with Gasteiger partial charge in [0.1, 0.15) is 11.3 Å². The van der Waals surface area contributed by atoms with Gasteiger partial charge in [-0.15, -0.1) is 0 Å². The molecule has 1 aromatic heterocycles. The van der Waals surface area contributed by atoms with Gasteiger partial charge in [0.05, 0.1) is 0 Å². The van der Waals surface area contributed by atoms with Gasteiger partial charge in [-0.25, -0.2) is 13.6 Å². The number of hydrogen-bond donors (Lipinski definition) is 3. The Morgan fingerprint density at radius 1 is 1.60 bits per heavy atom. The zero-order chi connectivity index (χ0) is 11.6. The number of carboxylic acid groups (broad SMARTS) is 1. The first kappa shape index (κ1) is 11.3. The fraction of sp³-hybridized carbons (Fsp3) is 0.250. The number of carbonyl (C=O) groups is 1. The lowest BCUT2D eigenvalue weighted by molar-refractivity contribution is 0.0680. The third-order valence-corrected chi connectivity index (χ3v) is 1.84. The fourth-order valence-electron chi connectivity index (χ4n) is 1.12. The number of rotatable bonds is 3. The van der Waals surface area contributed by atoms with E-state index in [1.54, 1.807) is 0 Å². The number of aromatic amines is 1. The van der Waals surface area contributed by atoms with Crippen molar-refractivity contribution in [2.75, 3.05) is 0 Å². The summed E-state index contributed by atoms with van der Waals surface area (Å²) in [4.78, 5) is 24.0. The van der Waals surface area contributed by atoms with Crippen LogP contribution in [-0.4, -0.2) is 16.1 Å². The quantitative estimate of drug-likeness (QED) is 0.687. The Morgan fingerprint density at radius 2 is 2.20 bits per heavy atom. The fourth-order valence-corrected chi connectivity index (χ4v) is 1.12. The Labute approximate surface area is 82.5 Å². The van der Waals surface area contributed by atoms with Gasteiger partial charge in [0.2, 0.25) is 5.43 Å². The smallest absolute Gasteiger partial charge is 0.341 e. The average molecular weight is 218 g/mol. The molecule has 0 fully saturated rings. The Kier molecular flexibility index (Phi) is 3.15. The Balaban J connectivity index is 3.52. The molecule has 0 bridgehead atoms. The van der Waals surface area contributed by atoms with Gasteiger partial charge in [-0.2, -0.15) is 0 Å². The number of nitrogens with two attached hydrogens (primary N) is 1. The van der Waals surface area contributed by atoms with Gasteiger partial charge in [-0.1, -0.05) is 0 Å². The first-order valence-electron chi connectivity index (χ1n) is 3.95. The molecular weight excluding hydrogens is 210 g/mol. The van der Waals surface area contributed by atoms with E-state index in [1.165, 1.54) is 0 Å². The number of aromatic nitrogens is 1. The van der Waals surface area contributed by atoms with E-state index in [9.17, 15) is 18.4 Å². The lowest BCUT2D eigenvalue weighted by Crippen LogP contribution is -2.24. The van der Waals surface area contributed by atoms with Crippen molar-refractivity contribution in [3.63, 3.8) is 0 Å². The summed E-state index contributed by atoms with van der Waals surface area (Å²) in [6, 6.07) is 0. The highest BCUT2D eigenvalue weighted by Gasteiger charge is 2.23. The van der Waals surface area contributed by atoms with Crippen LogP contribution in [0, 0.1) is 0 Å². The first-order chi connectivity index (χ1) is 6.99. The largest absolute Gasteiger partial charge is 0.477 e. The van der Waals surface area contributed by atoms with Gasteiger partial charge in [0.25, 0.3) is 6.43 Å². The molecule has 15 heavy (non-hydrogen) atoms. The van der Waals surface area contributed by atoms with Gasteiger partial charge in [0, 0.05) is 18.3 Å². The highest BCUT2D eigenvalue weighted by atomic mass is 19.3. The van der Waals surface area contributed by atoms with E-state index in [4.69, 9.17) is 10.8 Å². The number of halogens is 2. The molecule has 0 saturated carbocycles. The van der Waals surface area contributed by atoms with Crippen molar-refractivity contribution in [2.24, 2.45) is 5.73 Å². The summed E-state index contributed by atoms with van der Waals surface area (Å²) in [5.74, 6) is -1.69. The average Bonchev–Trinajstić information content (AvgIpc) is 2.16. The van der Waals surface area contributed by atoms with Crippen LogP contribution in [0.15, 0.2) is 11.0 Å². The summed E-state index contributed by atoms with van der Waals surface area (Å²) < 4.78 is 24.7. The van der Waals surface area contributed by atoms with Gasteiger partial charge >= 0.3 is 5.97 Å². The number of hydrogen-bond acceptors (Lipinski definition) is 3. The predicted octanol–water partition coefficient (Wildman–Crippen LogP) is 0.469. The lowest BCUT2D eigenvalue weighted by atomic mass is 10.1. The van der Waals surface area contributed by atoms with Crippen molar-refractivity contribution in [1.29, 1.82) is 0 Å². The summed E-state index contributed by atoms with van der Waals surface area (Å²) in [7, 11) is 0. The zero-order valence-electron chi connectivity index (χ0n) is 7.46. The van der Waals surface area contributed by atoms with Crippen molar-refractivity contribution in [3.8, 4) is 0 Å². The minimum Gasteiger partial charge on any atom is -0.477 e. The van der Waals surface area contributed by atoms with E-state index < -0.39 is 29.1 Å². The summed E-state index contributed by atoms with van der Waals surface area (Å²) in [6.07, 6.45) is -2.05. The van der Waals surface area contributed by atoms with E-state index in [0.29, 0.717) is 0 Å². The topological polar surface area (TPSA) is 96.2 Å². The maximum absolute atomic E-state index is 12.3. The molecule has 82 valence electrons. The van der Waals surface area contributed by atoms with Crippen LogP contribution in [0.2, 0.25) is 0 Å². The predicted molar refractivity (Wildman–Crippen MR) is 46.9 cm³/mol. The number of aromatic carboxylic acids is 1. The van der Waals surface area contributed by atoms with E-state index in [2.05, 4.69) is 4.98 Å². The second-order valence-electron chi connectivity index (χ2n) is 2.74. The molecule has 0 radical (unpaired) electrons. The molecule has 4 N–H and O–H groups in total. The standard InChI is InChI=1S/C8H8F2N2O3/c9-7(10)5-4(8(14)15)6(13)3(1-11)2-12-5/h2,7H,1,11H2,(H,12,13)(H,14,15). The maximum Gasteiger partial charge on any atom is 0.341 e. The second kappa shape index (κ2) is 4.18. The molecule has 0 saturated heterocycles. The highest BCUT2D eigenvalue weighted by Crippen LogP contribution is 2.18. The zero-order valence-corrected chi connectivity index (χ0v) is 7.46. The van der Waals surface area contributed by atoms with Crippen LogP contribution in [-0.2, 0) is 6.54 Å². The molecule has 1 heterocycles. The second-order valence-corrected chi connectivity index (χ2v) is 2.74. The number of H-pyrrole nitrogens is 1. The lowest BCUT2D eigenvalue weighted by Gasteiger charge is -2.05. The number of alkyl halides is 2. The Bertz CT molecular complexity index is 442. The van der Waals surface area contributed by atoms with Gasteiger partial charge in [-0.3, -0.25) is 4.79 Å². The van der Waals surface area contributed by atoms with Crippen molar-refractivity contribution < 1.29 is 18.7 Å². The van der Waals surface area contributed by atoms with E-state index in [1.807, 2.05) is 0 Å². The molecule has 0 aliphatic carbocycles. The van der Waals surface area contributed by atoms with Gasteiger partial charge in [-0.05, 0) is 0 Å². The minimum atomic E-state index is -3.05. The molecule has 7 heteroatoms. The number of pyridine rings is 1. The summed E-state index contributed by atoms with van der Waals surface area (Å²) in [6.45, 7) is -0.209. The van der Waals surface area contributed by atoms with Gasteiger partial charge in [0.15, 0.2) is 0 Å². The minimum absolute atomic E-state index is 0.0446. The number of nitrogens with one attached hydrogen (secondary N) is 1. The Hall–Kier alpha value is -1.76. The molecule has 0 aromatic carbocycles. The SMILES string of the molecule is NCc1c[nH]c(C(F)F)c(C(=O)O)c1=O. The molecule has 0 unspecified atom stereocenters. The van der Waals surface area contributed by atoms with Crippen LogP contribution in [0.1, 0.15) is 28.0 Å². The third-order valence-electron chi connectivity index (χ3n) is 1.84. The molecule has 0 spiro atoms. The van der Waals surface area contributed by atoms with E-state index >= 15 is 0 Å². The normalized spacial score (nSPS) is 10.7. The summed E-state index contributed by atoms with van der Waals surface area (Å²) in [5.41, 5.74) is 2.28. The monoisotopic (exact) mass is 218 g/mol. The molecule has 0 atom stereocenters. The summed E-state index contributed by atoms with van der Waals surface area (Å²) in [5, 5.41) is 8.62. The summed E-state index contributed by atoms with van der Waals surface area (Å²) >= 11 is 0. The molecule has 0 amide bonds. The highest BCUT2D eigenvalue weighted by molar-refractivity contribution is 5.89. The maximum atomic E-state index is 12.3. The molecular formula is C8H8F2N2O3. The first-order valence-corrected chi connectivity index (χ1v) is 3.95.